The first kappa shape index (κ1) is 15.7. The minimum atomic E-state index is -0.588. The molecule has 1 aromatic rings. The van der Waals surface area contributed by atoms with Crippen LogP contribution >= 0.6 is 11.6 Å². The molecule has 0 saturated carbocycles. The first-order chi connectivity index (χ1) is 9.93. The molecule has 7 heteroatoms. The summed E-state index contributed by atoms with van der Waals surface area (Å²) >= 11 is 5.76. The van der Waals surface area contributed by atoms with Gasteiger partial charge in [-0.15, -0.1) is 0 Å². The standard InChI is InChI=1S/C14H17ClN2O4/c1-9-5-6-16(8-13(9)21-2)14(18)10-3-4-11(15)12(7-10)17(19)20/h3-4,7,9,13H,5-6,8H2,1-2H3. The van der Waals surface area contributed by atoms with Crippen LogP contribution in [0.4, 0.5) is 5.69 Å². The third-order valence-electron chi connectivity index (χ3n) is 3.87. The molecule has 6 nitrogen and oxygen atoms in total. The molecule has 1 saturated heterocycles. The predicted molar refractivity (Wildman–Crippen MR) is 78.6 cm³/mol. The van der Waals surface area contributed by atoms with Gasteiger partial charge in [-0.1, -0.05) is 18.5 Å². The van der Waals surface area contributed by atoms with Crippen molar-refractivity contribution >= 4 is 23.2 Å². The first-order valence-electron chi connectivity index (χ1n) is 6.70. The number of rotatable bonds is 3. The maximum absolute atomic E-state index is 12.5. The summed E-state index contributed by atoms with van der Waals surface area (Å²) < 4.78 is 5.38. The fourth-order valence-corrected chi connectivity index (χ4v) is 2.68. The second-order valence-electron chi connectivity index (χ2n) is 5.21. The van der Waals surface area contributed by atoms with Crippen LogP contribution in [-0.4, -0.2) is 42.0 Å². The molecule has 0 spiro atoms. The number of carbonyl (C=O) groups is 1. The van der Waals surface area contributed by atoms with Crippen LogP contribution in [0.5, 0.6) is 0 Å². The van der Waals surface area contributed by atoms with E-state index >= 15 is 0 Å². The van der Waals surface area contributed by atoms with E-state index in [9.17, 15) is 14.9 Å². The SMILES string of the molecule is COC1CN(C(=O)c2ccc(Cl)c([N+](=O)[O-])c2)CCC1C. The number of amides is 1. The van der Waals surface area contributed by atoms with Crippen LogP contribution < -0.4 is 0 Å². The van der Waals surface area contributed by atoms with Gasteiger partial charge in [0.2, 0.25) is 0 Å². The zero-order valence-electron chi connectivity index (χ0n) is 11.9. The highest BCUT2D eigenvalue weighted by atomic mass is 35.5. The van der Waals surface area contributed by atoms with E-state index in [1.165, 1.54) is 18.2 Å². The highest BCUT2D eigenvalue weighted by Crippen LogP contribution is 2.27. The second-order valence-corrected chi connectivity index (χ2v) is 5.62. The highest BCUT2D eigenvalue weighted by Gasteiger charge is 2.30. The molecule has 2 atom stereocenters. The monoisotopic (exact) mass is 312 g/mol. The minimum Gasteiger partial charge on any atom is -0.379 e. The molecule has 1 aliphatic rings. The van der Waals surface area contributed by atoms with Crippen LogP contribution in [0, 0.1) is 16.0 Å². The summed E-state index contributed by atoms with van der Waals surface area (Å²) in [5.74, 6) is 0.155. The lowest BCUT2D eigenvalue weighted by atomic mass is 9.95. The van der Waals surface area contributed by atoms with Crippen molar-refractivity contribution in [3.05, 3.63) is 38.9 Å². The van der Waals surface area contributed by atoms with Crippen LogP contribution in [0.25, 0.3) is 0 Å². The number of piperidine rings is 1. The highest BCUT2D eigenvalue weighted by molar-refractivity contribution is 6.32. The third kappa shape index (κ3) is 3.33. The molecule has 0 aliphatic carbocycles. The fraction of sp³-hybridized carbons (Fsp3) is 0.500. The second kappa shape index (κ2) is 6.41. The fourth-order valence-electron chi connectivity index (χ4n) is 2.49. The van der Waals surface area contributed by atoms with E-state index in [4.69, 9.17) is 16.3 Å². The molecular weight excluding hydrogens is 296 g/mol. The smallest absolute Gasteiger partial charge is 0.288 e. The lowest BCUT2D eigenvalue weighted by Gasteiger charge is -2.36. The molecule has 1 aromatic carbocycles. The number of methoxy groups -OCH3 is 1. The number of nitro benzene ring substituents is 1. The van der Waals surface area contributed by atoms with Crippen LogP contribution in [-0.2, 0) is 4.74 Å². The molecule has 1 aliphatic heterocycles. The number of ether oxygens (including phenoxy) is 1. The Morgan fingerprint density at radius 2 is 2.24 bits per heavy atom. The zero-order valence-corrected chi connectivity index (χ0v) is 12.7. The largest absolute Gasteiger partial charge is 0.379 e. The Bertz CT molecular complexity index is 564. The summed E-state index contributed by atoms with van der Waals surface area (Å²) in [5, 5.41) is 10.9. The van der Waals surface area contributed by atoms with E-state index in [0.717, 1.165) is 6.42 Å². The molecule has 2 unspecified atom stereocenters. The summed E-state index contributed by atoms with van der Waals surface area (Å²) in [6.07, 6.45) is 0.838. The normalized spacial score (nSPS) is 22.1. The van der Waals surface area contributed by atoms with Crippen LogP contribution in [0.1, 0.15) is 23.7 Å². The molecule has 1 amide bonds. The lowest BCUT2D eigenvalue weighted by Crippen LogP contribution is -2.46. The average molecular weight is 313 g/mol. The summed E-state index contributed by atoms with van der Waals surface area (Å²) in [4.78, 5) is 24.4. The molecular formula is C14H17ClN2O4. The number of halogens is 1. The molecule has 0 bridgehead atoms. The summed E-state index contributed by atoms with van der Waals surface area (Å²) in [6.45, 7) is 3.20. The van der Waals surface area contributed by atoms with Crippen molar-refractivity contribution < 1.29 is 14.5 Å². The van der Waals surface area contributed by atoms with Gasteiger partial charge < -0.3 is 9.64 Å². The molecule has 114 valence electrons. The van der Waals surface area contributed by atoms with Crippen LogP contribution in [0.2, 0.25) is 5.02 Å². The quantitative estimate of drug-likeness (QED) is 0.635. The number of nitro groups is 1. The number of carbonyl (C=O) groups excluding carboxylic acids is 1. The molecule has 1 fully saturated rings. The summed E-state index contributed by atoms with van der Waals surface area (Å²) in [5.41, 5.74) is 0.0201. The van der Waals surface area contributed by atoms with Gasteiger partial charge in [0.25, 0.3) is 11.6 Å². The molecule has 0 radical (unpaired) electrons. The maximum atomic E-state index is 12.5. The first-order valence-corrected chi connectivity index (χ1v) is 7.08. The van der Waals surface area contributed by atoms with E-state index in [-0.39, 0.29) is 28.3 Å². The van der Waals surface area contributed by atoms with Crippen molar-refractivity contribution in [1.82, 2.24) is 4.90 Å². The Hall–Kier alpha value is -1.66. The van der Waals surface area contributed by atoms with Crippen molar-refractivity contribution in [3.8, 4) is 0 Å². The summed E-state index contributed by atoms with van der Waals surface area (Å²) in [7, 11) is 1.63. The van der Waals surface area contributed by atoms with E-state index in [1.807, 2.05) is 0 Å². The summed E-state index contributed by atoms with van der Waals surface area (Å²) in [6, 6.07) is 4.12. The van der Waals surface area contributed by atoms with Gasteiger partial charge in [0.05, 0.1) is 11.0 Å². The number of likely N-dealkylation sites (tertiary alicyclic amines) is 1. The van der Waals surface area contributed by atoms with Gasteiger partial charge in [-0.25, -0.2) is 0 Å². The van der Waals surface area contributed by atoms with Gasteiger partial charge in [-0.2, -0.15) is 0 Å². The van der Waals surface area contributed by atoms with Crippen molar-refractivity contribution in [3.63, 3.8) is 0 Å². The number of hydrogen-bond acceptors (Lipinski definition) is 4. The number of benzene rings is 1. The third-order valence-corrected chi connectivity index (χ3v) is 4.19. The van der Waals surface area contributed by atoms with Crippen LogP contribution in [0.15, 0.2) is 18.2 Å². The molecule has 0 aromatic heterocycles. The lowest BCUT2D eigenvalue weighted by molar-refractivity contribution is -0.384. The Labute approximate surface area is 127 Å². The molecule has 21 heavy (non-hydrogen) atoms. The topological polar surface area (TPSA) is 72.7 Å². The molecule has 2 rings (SSSR count). The van der Waals surface area contributed by atoms with Crippen molar-refractivity contribution in [1.29, 1.82) is 0 Å². The predicted octanol–water partition coefficient (Wildman–Crippen LogP) is 2.75. The van der Waals surface area contributed by atoms with Gasteiger partial charge >= 0.3 is 0 Å². The van der Waals surface area contributed by atoms with Crippen molar-refractivity contribution in [2.45, 2.75) is 19.4 Å². The number of hydrogen-bond donors (Lipinski definition) is 0. The Morgan fingerprint density at radius 3 is 2.86 bits per heavy atom. The van der Waals surface area contributed by atoms with E-state index in [0.29, 0.717) is 19.0 Å². The van der Waals surface area contributed by atoms with Crippen LogP contribution in [0.3, 0.4) is 0 Å². The zero-order chi connectivity index (χ0) is 15.6. The van der Waals surface area contributed by atoms with Gasteiger partial charge in [-0.05, 0) is 24.5 Å². The molecule has 1 heterocycles. The number of nitrogens with zero attached hydrogens (tertiary/aromatic N) is 2. The van der Waals surface area contributed by atoms with Crippen molar-refractivity contribution in [2.75, 3.05) is 20.2 Å². The Morgan fingerprint density at radius 1 is 1.52 bits per heavy atom. The Balaban J connectivity index is 2.20. The van der Waals surface area contributed by atoms with Gasteiger partial charge in [0.1, 0.15) is 5.02 Å². The average Bonchev–Trinajstić information content (AvgIpc) is 2.47. The maximum Gasteiger partial charge on any atom is 0.288 e. The van der Waals surface area contributed by atoms with Crippen molar-refractivity contribution in [2.24, 2.45) is 5.92 Å². The van der Waals surface area contributed by atoms with Gasteiger partial charge in [0, 0.05) is 31.8 Å². The van der Waals surface area contributed by atoms with Gasteiger partial charge in [0.15, 0.2) is 0 Å². The minimum absolute atomic E-state index is 0.00927. The van der Waals surface area contributed by atoms with E-state index in [2.05, 4.69) is 6.92 Å². The van der Waals surface area contributed by atoms with E-state index < -0.39 is 4.92 Å². The Kier molecular flexibility index (Phi) is 4.80. The van der Waals surface area contributed by atoms with E-state index in [1.54, 1.807) is 12.0 Å². The molecule has 0 N–H and O–H groups in total. The van der Waals surface area contributed by atoms with Gasteiger partial charge in [-0.3, -0.25) is 14.9 Å².